The fraction of sp³-hybridized carbons (Fsp3) is 0.250. The van der Waals surface area contributed by atoms with E-state index in [2.05, 4.69) is 24.0 Å². The zero-order valence-electron chi connectivity index (χ0n) is 19.2. The molecule has 4 rings (SSSR count). The number of rotatable bonds is 10. The van der Waals surface area contributed by atoms with Gasteiger partial charge in [0.05, 0.1) is 5.39 Å². The number of ether oxygens (including phenoxy) is 1. The van der Waals surface area contributed by atoms with Crippen LogP contribution < -0.4 is 10.2 Å². The average molecular weight is 480 g/mol. The van der Waals surface area contributed by atoms with E-state index in [0.717, 1.165) is 25.1 Å². The minimum atomic E-state index is -0.681. The molecule has 1 aromatic heterocycles. The third-order valence-electron chi connectivity index (χ3n) is 5.47. The fourth-order valence-corrected chi connectivity index (χ4v) is 3.94. The van der Waals surface area contributed by atoms with Crippen LogP contribution in [0.1, 0.15) is 18.9 Å². The largest absolute Gasteiger partial charge is 0.487 e. The number of aliphatic hydroxyl groups is 1. The van der Waals surface area contributed by atoms with Gasteiger partial charge in [0, 0.05) is 24.7 Å². The van der Waals surface area contributed by atoms with Crippen molar-refractivity contribution in [1.82, 2.24) is 4.90 Å². The van der Waals surface area contributed by atoms with Crippen LogP contribution in [0.15, 0.2) is 94.1 Å². The van der Waals surface area contributed by atoms with Gasteiger partial charge in [0.1, 0.15) is 18.5 Å². The van der Waals surface area contributed by atoms with Crippen LogP contribution >= 0.6 is 12.4 Å². The Labute approximate surface area is 206 Å². The molecule has 0 fully saturated rings. The Hall–Kier alpha value is -3.12. The van der Waals surface area contributed by atoms with Crippen molar-refractivity contribution in [3.05, 3.63) is 101 Å². The molecule has 0 spiro atoms. The molecular formula is C28H30ClNO4. The molecule has 5 nitrogen and oxygen atoms in total. The first-order chi connectivity index (χ1) is 16.1. The molecule has 0 aliphatic heterocycles. The second kappa shape index (κ2) is 12.4. The summed E-state index contributed by atoms with van der Waals surface area (Å²) in [4.78, 5) is 14.9. The number of hydrogen-bond acceptors (Lipinski definition) is 5. The first-order valence-electron chi connectivity index (χ1n) is 11.3. The molecule has 1 heterocycles. The van der Waals surface area contributed by atoms with Gasteiger partial charge in [-0.1, -0.05) is 73.7 Å². The molecule has 0 aliphatic carbocycles. The third-order valence-corrected chi connectivity index (χ3v) is 5.47. The maximum atomic E-state index is 12.7. The lowest BCUT2D eigenvalue weighted by atomic mass is 10.1. The molecule has 34 heavy (non-hydrogen) atoms. The minimum Gasteiger partial charge on any atom is -0.487 e. The van der Waals surface area contributed by atoms with Crippen LogP contribution in [0, 0.1) is 0 Å². The normalized spacial score (nSPS) is 11.9. The lowest BCUT2D eigenvalue weighted by Crippen LogP contribution is -2.35. The van der Waals surface area contributed by atoms with Crippen molar-refractivity contribution in [2.45, 2.75) is 26.0 Å². The quantitative estimate of drug-likeness (QED) is 0.324. The zero-order valence-corrected chi connectivity index (χ0v) is 20.0. The Morgan fingerprint density at radius 3 is 2.38 bits per heavy atom. The molecular weight excluding hydrogens is 450 g/mol. The second-order valence-electron chi connectivity index (χ2n) is 8.16. The van der Waals surface area contributed by atoms with E-state index in [9.17, 15) is 9.90 Å². The molecule has 0 saturated heterocycles. The number of nitrogens with zero attached hydrogens (tertiary/aromatic N) is 1. The molecule has 6 heteroatoms. The highest BCUT2D eigenvalue weighted by molar-refractivity contribution is 5.85. The van der Waals surface area contributed by atoms with Crippen LogP contribution in [-0.4, -0.2) is 35.8 Å². The summed E-state index contributed by atoms with van der Waals surface area (Å²) in [6, 6.07) is 26.5. The van der Waals surface area contributed by atoms with E-state index >= 15 is 0 Å². The summed E-state index contributed by atoms with van der Waals surface area (Å²) in [5.41, 5.74) is 2.30. The Balaban J connectivity index is 0.00000324. The summed E-state index contributed by atoms with van der Waals surface area (Å²) in [5, 5.41) is 11.1. The lowest BCUT2D eigenvalue weighted by molar-refractivity contribution is 0.0658. The van der Waals surface area contributed by atoms with Gasteiger partial charge < -0.3 is 14.3 Å². The Bertz CT molecular complexity index is 1230. The van der Waals surface area contributed by atoms with E-state index in [-0.39, 0.29) is 24.4 Å². The van der Waals surface area contributed by atoms with Crippen LogP contribution in [0.2, 0.25) is 0 Å². The first kappa shape index (κ1) is 25.5. The maximum absolute atomic E-state index is 12.7. The van der Waals surface area contributed by atoms with Gasteiger partial charge >= 0.3 is 0 Å². The van der Waals surface area contributed by atoms with E-state index in [4.69, 9.17) is 9.15 Å². The van der Waals surface area contributed by atoms with Crippen LogP contribution in [-0.2, 0) is 6.54 Å². The number of para-hydroxylation sites is 1. The standard InChI is InChI=1S/C28H29NO4.ClH/c1-2-16-29(18-21-10-5-3-6-11-21)19-23(30)20-32-26-15-9-14-24-25(31)17-27(33-28(24)26)22-12-7-4-8-13-22;/h3-15,17,23,30H,2,16,18-20H2,1H3;1H. The Kier molecular flexibility index (Phi) is 9.28. The number of aliphatic hydroxyl groups excluding tert-OH is 1. The summed E-state index contributed by atoms with van der Waals surface area (Å²) in [6.07, 6.45) is 0.316. The monoisotopic (exact) mass is 479 g/mol. The summed E-state index contributed by atoms with van der Waals surface area (Å²) in [6.45, 7) is 4.38. The highest BCUT2D eigenvalue weighted by atomic mass is 35.5. The van der Waals surface area contributed by atoms with Crippen molar-refractivity contribution in [3.8, 4) is 17.1 Å². The maximum Gasteiger partial charge on any atom is 0.193 e. The third kappa shape index (κ3) is 6.48. The van der Waals surface area contributed by atoms with Crippen molar-refractivity contribution in [2.75, 3.05) is 19.7 Å². The van der Waals surface area contributed by atoms with E-state index in [1.165, 1.54) is 11.6 Å². The van der Waals surface area contributed by atoms with Crippen molar-refractivity contribution in [3.63, 3.8) is 0 Å². The molecule has 1 N–H and O–H groups in total. The smallest absolute Gasteiger partial charge is 0.193 e. The topological polar surface area (TPSA) is 62.9 Å². The van der Waals surface area contributed by atoms with Gasteiger partial charge in [-0.15, -0.1) is 12.4 Å². The first-order valence-corrected chi connectivity index (χ1v) is 11.3. The van der Waals surface area contributed by atoms with Gasteiger partial charge in [-0.25, -0.2) is 0 Å². The predicted octanol–water partition coefficient (Wildman–Crippen LogP) is 5.53. The number of hydrogen-bond donors (Lipinski definition) is 1. The molecule has 0 amide bonds. The molecule has 0 bridgehead atoms. The van der Waals surface area contributed by atoms with Crippen LogP contribution in [0.4, 0.5) is 0 Å². The molecule has 4 aromatic rings. The van der Waals surface area contributed by atoms with Gasteiger partial charge in [0.15, 0.2) is 16.8 Å². The summed E-state index contributed by atoms with van der Waals surface area (Å²) < 4.78 is 12.0. The van der Waals surface area contributed by atoms with Gasteiger partial charge in [0.2, 0.25) is 0 Å². The molecule has 3 aromatic carbocycles. The number of halogens is 1. The SMILES string of the molecule is CCCN(Cc1ccccc1)CC(O)COc1cccc2c(=O)cc(-c3ccccc3)oc12.Cl. The molecule has 1 atom stereocenters. The molecule has 0 radical (unpaired) electrons. The van der Waals surface area contributed by atoms with Gasteiger partial charge in [-0.3, -0.25) is 9.69 Å². The summed E-state index contributed by atoms with van der Waals surface area (Å²) in [7, 11) is 0. The summed E-state index contributed by atoms with van der Waals surface area (Å²) >= 11 is 0. The van der Waals surface area contributed by atoms with Crippen molar-refractivity contribution in [1.29, 1.82) is 0 Å². The minimum absolute atomic E-state index is 0. The molecule has 1 unspecified atom stereocenters. The van der Waals surface area contributed by atoms with Gasteiger partial charge in [-0.2, -0.15) is 0 Å². The fourth-order valence-electron chi connectivity index (χ4n) is 3.94. The molecule has 0 saturated carbocycles. The lowest BCUT2D eigenvalue weighted by Gasteiger charge is -2.25. The highest BCUT2D eigenvalue weighted by Crippen LogP contribution is 2.28. The van der Waals surface area contributed by atoms with Crippen molar-refractivity contribution >= 4 is 23.4 Å². The Morgan fingerprint density at radius 1 is 0.971 bits per heavy atom. The van der Waals surface area contributed by atoms with Crippen molar-refractivity contribution in [2.24, 2.45) is 0 Å². The van der Waals surface area contributed by atoms with Crippen LogP contribution in [0.25, 0.3) is 22.3 Å². The molecule has 178 valence electrons. The molecule has 0 aliphatic rings. The Morgan fingerprint density at radius 2 is 1.68 bits per heavy atom. The second-order valence-corrected chi connectivity index (χ2v) is 8.16. The van der Waals surface area contributed by atoms with E-state index < -0.39 is 6.10 Å². The van der Waals surface area contributed by atoms with Gasteiger partial charge in [-0.05, 0) is 30.7 Å². The van der Waals surface area contributed by atoms with Gasteiger partial charge in [0.25, 0.3) is 0 Å². The highest BCUT2D eigenvalue weighted by Gasteiger charge is 2.15. The van der Waals surface area contributed by atoms with Crippen LogP contribution in [0.5, 0.6) is 5.75 Å². The summed E-state index contributed by atoms with van der Waals surface area (Å²) in [5.74, 6) is 0.938. The van der Waals surface area contributed by atoms with E-state index in [1.54, 1.807) is 18.2 Å². The van der Waals surface area contributed by atoms with E-state index in [0.29, 0.717) is 29.0 Å². The zero-order chi connectivity index (χ0) is 23.0. The average Bonchev–Trinajstić information content (AvgIpc) is 2.84. The number of benzene rings is 3. The number of fused-ring (bicyclic) bond motifs is 1. The predicted molar refractivity (Wildman–Crippen MR) is 139 cm³/mol. The van der Waals surface area contributed by atoms with E-state index in [1.807, 2.05) is 48.5 Å². The van der Waals surface area contributed by atoms with Crippen LogP contribution in [0.3, 0.4) is 0 Å². The van der Waals surface area contributed by atoms with Crippen molar-refractivity contribution < 1.29 is 14.3 Å².